The van der Waals surface area contributed by atoms with Gasteiger partial charge in [-0.25, -0.2) is 18.1 Å². The smallest absolute Gasteiger partial charge is 0.257 e. The van der Waals surface area contributed by atoms with Crippen LogP contribution in [0.25, 0.3) is 0 Å². The van der Waals surface area contributed by atoms with Gasteiger partial charge >= 0.3 is 0 Å². The van der Waals surface area contributed by atoms with E-state index < -0.39 is 15.6 Å². The summed E-state index contributed by atoms with van der Waals surface area (Å²) in [5.41, 5.74) is 5.85. The highest BCUT2D eigenvalue weighted by molar-refractivity contribution is 7.89. The molecule has 0 saturated heterocycles. The molecule has 6 nitrogen and oxygen atoms in total. The largest absolute Gasteiger partial charge is 0.335 e. The number of imidazole rings is 1. The van der Waals surface area contributed by atoms with E-state index in [9.17, 15) is 8.42 Å². The number of nitrogens with one attached hydrogen (secondary N) is 2. The third-order valence-corrected chi connectivity index (χ3v) is 4.80. The number of aromatic nitrogens is 2. The van der Waals surface area contributed by atoms with Crippen LogP contribution in [-0.2, 0) is 10.0 Å². The number of hydrogen-bond donors (Lipinski definition) is 3. The van der Waals surface area contributed by atoms with Crippen LogP contribution in [0.2, 0.25) is 0 Å². The second-order valence-electron chi connectivity index (χ2n) is 5.02. The molecule has 0 atom stereocenters. The molecular weight excluding hydrogens is 252 g/mol. The summed E-state index contributed by atoms with van der Waals surface area (Å²) in [7, 11) is -3.51. The van der Waals surface area contributed by atoms with E-state index in [1.165, 1.54) is 25.4 Å². The molecule has 4 N–H and O–H groups in total. The first-order valence-corrected chi connectivity index (χ1v) is 7.77. The molecule has 0 aromatic carbocycles. The number of sulfonamides is 1. The zero-order valence-electron chi connectivity index (χ0n) is 10.4. The lowest BCUT2D eigenvalue weighted by atomic mass is 9.92. The maximum atomic E-state index is 11.9. The van der Waals surface area contributed by atoms with E-state index >= 15 is 0 Å². The minimum Gasteiger partial charge on any atom is -0.335 e. The summed E-state index contributed by atoms with van der Waals surface area (Å²) in [6, 6.07) is 0. The summed E-state index contributed by atoms with van der Waals surface area (Å²) in [4.78, 5) is 6.30. The maximum absolute atomic E-state index is 11.9. The molecule has 1 aromatic rings. The van der Waals surface area contributed by atoms with Crippen molar-refractivity contribution in [3.8, 4) is 0 Å². The van der Waals surface area contributed by atoms with Crippen molar-refractivity contribution in [2.75, 3.05) is 6.54 Å². The zero-order valence-corrected chi connectivity index (χ0v) is 11.2. The molecule has 0 radical (unpaired) electrons. The SMILES string of the molecule is NC1(CNS(=O)(=O)c2cnc[nH]2)CCCCCC1. The van der Waals surface area contributed by atoms with E-state index in [2.05, 4.69) is 14.7 Å². The standard InChI is InChI=1S/C11H20N4O2S/c12-11(5-3-1-2-4-6-11)8-15-18(16,17)10-7-13-9-14-10/h7,9,15H,1-6,8,12H2,(H,13,14). The quantitative estimate of drug-likeness (QED) is 0.704. The average molecular weight is 272 g/mol. The van der Waals surface area contributed by atoms with Gasteiger partial charge in [-0.3, -0.25) is 0 Å². The van der Waals surface area contributed by atoms with Crippen LogP contribution in [0.5, 0.6) is 0 Å². The van der Waals surface area contributed by atoms with Gasteiger partial charge in [-0.15, -0.1) is 0 Å². The van der Waals surface area contributed by atoms with Crippen LogP contribution in [0.1, 0.15) is 38.5 Å². The van der Waals surface area contributed by atoms with Gasteiger partial charge in [-0.05, 0) is 12.8 Å². The molecule has 1 aromatic heterocycles. The fourth-order valence-electron chi connectivity index (χ4n) is 2.32. The molecule has 18 heavy (non-hydrogen) atoms. The minimum absolute atomic E-state index is 0.0831. The Morgan fingerprint density at radius 3 is 2.56 bits per heavy atom. The summed E-state index contributed by atoms with van der Waals surface area (Å²) < 4.78 is 26.4. The van der Waals surface area contributed by atoms with Crippen molar-refractivity contribution in [2.45, 2.75) is 49.1 Å². The summed E-state index contributed by atoms with van der Waals surface area (Å²) in [5, 5.41) is 0.0831. The van der Waals surface area contributed by atoms with Crippen molar-refractivity contribution in [3.63, 3.8) is 0 Å². The lowest BCUT2D eigenvalue weighted by molar-refractivity contribution is 0.369. The Labute approximate surface area is 107 Å². The highest BCUT2D eigenvalue weighted by Crippen LogP contribution is 2.24. The van der Waals surface area contributed by atoms with Gasteiger partial charge in [0.2, 0.25) is 0 Å². The fraction of sp³-hybridized carbons (Fsp3) is 0.727. The van der Waals surface area contributed by atoms with E-state index in [1.54, 1.807) is 0 Å². The van der Waals surface area contributed by atoms with Gasteiger partial charge < -0.3 is 10.7 Å². The highest BCUT2D eigenvalue weighted by atomic mass is 32.2. The molecule has 1 fully saturated rings. The number of nitrogens with zero attached hydrogens (tertiary/aromatic N) is 1. The molecule has 2 rings (SSSR count). The van der Waals surface area contributed by atoms with Crippen LogP contribution in [0.4, 0.5) is 0 Å². The average Bonchev–Trinajstić information content (AvgIpc) is 2.79. The predicted molar refractivity (Wildman–Crippen MR) is 68.4 cm³/mol. The van der Waals surface area contributed by atoms with Crippen molar-refractivity contribution < 1.29 is 8.42 Å². The summed E-state index contributed by atoms with van der Waals surface area (Å²) in [6.07, 6.45) is 8.90. The van der Waals surface area contributed by atoms with Crippen molar-refractivity contribution in [2.24, 2.45) is 5.73 Å². The summed E-state index contributed by atoms with van der Waals surface area (Å²) >= 11 is 0. The first-order valence-electron chi connectivity index (χ1n) is 6.29. The number of hydrogen-bond acceptors (Lipinski definition) is 4. The first kappa shape index (κ1) is 13.5. The molecule has 0 unspecified atom stereocenters. The third kappa shape index (κ3) is 3.30. The van der Waals surface area contributed by atoms with Gasteiger partial charge in [0.1, 0.15) is 0 Å². The normalized spacial score (nSPS) is 20.5. The van der Waals surface area contributed by atoms with Crippen LogP contribution < -0.4 is 10.5 Å². The molecule has 102 valence electrons. The monoisotopic (exact) mass is 272 g/mol. The number of rotatable bonds is 4. The van der Waals surface area contributed by atoms with Crippen LogP contribution >= 0.6 is 0 Å². The molecule has 0 aliphatic heterocycles. The summed E-state index contributed by atoms with van der Waals surface area (Å²) in [6.45, 7) is 0.286. The van der Waals surface area contributed by atoms with E-state index in [4.69, 9.17) is 5.73 Å². The van der Waals surface area contributed by atoms with Gasteiger partial charge in [-0.1, -0.05) is 25.7 Å². The maximum Gasteiger partial charge on any atom is 0.257 e. The van der Waals surface area contributed by atoms with E-state index in [0.717, 1.165) is 25.7 Å². The third-order valence-electron chi connectivity index (χ3n) is 3.48. The van der Waals surface area contributed by atoms with Gasteiger partial charge in [0.25, 0.3) is 10.0 Å². The highest BCUT2D eigenvalue weighted by Gasteiger charge is 2.28. The number of H-pyrrole nitrogens is 1. The number of aromatic amines is 1. The molecule has 1 heterocycles. The van der Waals surface area contributed by atoms with Crippen LogP contribution in [0.3, 0.4) is 0 Å². The Bertz CT molecular complexity index is 461. The zero-order chi connectivity index (χ0) is 13.1. The lowest BCUT2D eigenvalue weighted by Gasteiger charge is -2.27. The second-order valence-corrected chi connectivity index (χ2v) is 6.75. The molecule has 1 aliphatic carbocycles. The van der Waals surface area contributed by atoms with Crippen molar-refractivity contribution in [1.82, 2.24) is 14.7 Å². The second kappa shape index (κ2) is 5.38. The van der Waals surface area contributed by atoms with Gasteiger partial charge in [0.15, 0.2) is 5.03 Å². The van der Waals surface area contributed by atoms with E-state index in [-0.39, 0.29) is 11.6 Å². The Hall–Kier alpha value is -0.920. The fourth-order valence-corrected chi connectivity index (χ4v) is 3.36. The molecule has 1 aliphatic rings. The van der Waals surface area contributed by atoms with Gasteiger partial charge in [0, 0.05) is 12.1 Å². The Morgan fingerprint density at radius 2 is 2.00 bits per heavy atom. The molecular formula is C11H20N4O2S. The Morgan fingerprint density at radius 1 is 1.33 bits per heavy atom. The Balaban J connectivity index is 1.98. The molecule has 7 heteroatoms. The van der Waals surface area contributed by atoms with E-state index in [1.807, 2.05) is 0 Å². The predicted octanol–water partition coefficient (Wildman–Crippen LogP) is 0.740. The van der Waals surface area contributed by atoms with Crippen molar-refractivity contribution in [1.29, 1.82) is 0 Å². The Kier molecular flexibility index (Phi) is 4.04. The van der Waals surface area contributed by atoms with Crippen molar-refractivity contribution >= 4 is 10.0 Å². The number of nitrogens with two attached hydrogens (primary N) is 1. The topological polar surface area (TPSA) is 101 Å². The van der Waals surface area contributed by atoms with Gasteiger partial charge in [0.05, 0.1) is 12.5 Å². The van der Waals surface area contributed by atoms with Crippen LogP contribution in [0, 0.1) is 0 Å². The molecule has 0 bridgehead atoms. The van der Waals surface area contributed by atoms with Crippen LogP contribution in [0.15, 0.2) is 17.6 Å². The first-order chi connectivity index (χ1) is 8.52. The van der Waals surface area contributed by atoms with E-state index in [0.29, 0.717) is 0 Å². The minimum atomic E-state index is -3.51. The molecule has 1 saturated carbocycles. The van der Waals surface area contributed by atoms with Crippen LogP contribution in [-0.4, -0.2) is 30.5 Å². The molecule has 0 amide bonds. The molecule has 0 spiro atoms. The summed E-state index contributed by atoms with van der Waals surface area (Å²) in [5.74, 6) is 0. The van der Waals surface area contributed by atoms with Gasteiger partial charge in [-0.2, -0.15) is 0 Å². The lowest BCUT2D eigenvalue weighted by Crippen LogP contribution is -2.49. The van der Waals surface area contributed by atoms with Crippen molar-refractivity contribution in [3.05, 3.63) is 12.5 Å².